The maximum atomic E-state index is 12.8. The van der Waals surface area contributed by atoms with Gasteiger partial charge in [-0.2, -0.15) is 0 Å². The molecule has 1 aromatic carbocycles. The molecule has 6 heteroatoms. The second-order valence-corrected chi connectivity index (χ2v) is 6.71. The van der Waals surface area contributed by atoms with Gasteiger partial charge in [0.2, 0.25) is 10.0 Å². The van der Waals surface area contributed by atoms with Gasteiger partial charge in [-0.05, 0) is 48.9 Å². The summed E-state index contributed by atoms with van der Waals surface area (Å²) in [7, 11) is -3.59. The van der Waals surface area contributed by atoms with Crippen LogP contribution in [-0.2, 0) is 10.0 Å². The summed E-state index contributed by atoms with van der Waals surface area (Å²) < 4.78 is 39.3. The van der Waals surface area contributed by atoms with Crippen molar-refractivity contribution < 1.29 is 17.9 Å². The molecular weight excluding hydrogens is 269 g/mol. The molecule has 1 fully saturated rings. The highest BCUT2D eigenvalue weighted by atomic mass is 32.2. The highest BCUT2D eigenvalue weighted by Crippen LogP contribution is 2.30. The van der Waals surface area contributed by atoms with Crippen molar-refractivity contribution in [1.82, 2.24) is 4.72 Å². The zero-order valence-electron chi connectivity index (χ0n) is 10.5. The number of benzene rings is 1. The molecule has 1 aromatic rings. The molecule has 0 spiro atoms. The summed E-state index contributed by atoms with van der Waals surface area (Å²) in [6, 6.07) is 4.74. The molecule has 1 aliphatic rings. The Labute approximate surface area is 112 Å². The summed E-state index contributed by atoms with van der Waals surface area (Å²) in [5.41, 5.74) is 0. The van der Waals surface area contributed by atoms with Crippen molar-refractivity contribution in [2.75, 3.05) is 13.2 Å². The van der Waals surface area contributed by atoms with Crippen LogP contribution in [-0.4, -0.2) is 26.7 Å². The number of hydrogen-bond donors (Lipinski definition) is 2. The summed E-state index contributed by atoms with van der Waals surface area (Å²) in [5.74, 6) is -0.105. The SMILES string of the molecule is O=S(=O)(NCC1CCCC1CO)c1ccc(F)cc1. The number of sulfonamides is 1. The van der Waals surface area contributed by atoms with E-state index in [9.17, 15) is 17.9 Å². The van der Waals surface area contributed by atoms with Crippen molar-refractivity contribution in [3.63, 3.8) is 0 Å². The zero-order chi connectivity index (χ0) is 13.9. The molecule has 0 amide bonds. The van der Waals surface area contributed by atoms with Gasteiger partial charge in [0.15, 0.2) is 0 Å². The Kier molecular flexibility index (Phi) is 4.54. The standard InChI is InChI=1S/C13H18FNO3S/c14-12-4-6-13(7-5-12)19(17,18)15-8-10-2-1-3-11(10)9-16/h4-7,10-11,15-16H,1-3,8-9H2. The molecule has 4 nitrogen and oxygen atoms in total. The minimum Gasteiger partial charge on any atom is -0.396 e. The van der Waals surface area contributed by atoms with E-state index in [2.05, 4.69) is 4.72 Å². The number of aliphatic hydroxyl groups is 1. The fraction of sp³-hybridized carbons (Fsp3) is 0.538. The van der Waals surface area contributed by atoms with Gasteiger partial charge in [-0.15, -0.1) is 0 Å². The van der Waals surface area contributed by atoms with Gasteiger partial charge in [0, 0.05) is 13.2 Å². The predicted octanol–water partition coefficient (Wildman–Crippen LogP) is 1.51. The molecular formula is C13H18FNO3S. The van der Waals surface area contributed by atoms with Gasteiger partial charge in [0.05, 0.1) is 4.90 Å². The Balaban J connectivity index is 2.00. The molecule has 0 heterocycles. The van der Waals surface area contributed by atoms with E-state index >= 15 is 0 Å². The molecule has 19 heavy (non-hydrogen) atoms. The van der Waals surface area contributed by atoms with Gasteiger partial charge < -0.3 is 5.11 Å². The Bertz CT molecular complexity index is 515. The Morgan fingerprint density at radius 1 is 1.21 bits per heavy atom. The van der Waals surface area contributed by atoms with Gasteiger partial charge in [0.25, 0.3) is 0 Å². The summed E-state index contributed by atoms with van der Waals surface area (Å²) in [4.78, 5) is 0.0624. The summed E-state index contributed by atoms with van der Waals surface area (Å²) in [6.45, 7) is 0.424. The van der Waals surface area contributed by atoms with Crippen molar-refractivity contribution in [1.29, 1.82) is 0 Å². The van der Waals surface area contributed by atoms with Crippen LogP contribution in [0.3, 0.4) is 0 Å². The number of aliphatic hydroxyl groups excluding tert-OH is 1. The minimum absolute atomic E-state index is 0.0624. The Hall–Kier alpha value is -0.980. The molecule has 0 aromatic heterocycles. The Morgan fingerprint density at radius 3 is 2.47 bits per heavy atom. The number of nitrogens with one attached hydrogen (secondary N) is 1. The number of hydrogen-bond acceptors (Lipinski definition) is 3. The van der Waals surface area contributed by atoms with E-state index in [4.69, 9.17) is 0 Å². The molecule has 1 saturated carbocycles. The molecule has 0 saturated heterocycles. The maximum Gasteiger partial charge on any atom is 0.240 e. The predicted molar refractivity (Wildman–Crippen MR) is 69.5 cm³/mol. The lowest BCUT2D eigenvalue weighted by atomic mass is 9.97. The second kappa shape index (κ2) is 5.98. The van der Waals surface area contributed by atoms with Crippen LogP contribution in [0.1, 0.15) is 19.3 Å². The number of halogens is 1. The molecule has 0 bridgehead atoms. The number of rotatable bonds is 5. The average Bonchev–Trinajstić information content (AvgIpc) is 2.84. The molecule has 0 aliphatic heterocycles. The van der Waals surface area contributed by atoms with Crippen molar-refractivity contribution >= 4 is 10.0 Å². The lowest BCUT2D eigenvalue weighted by molar-refractivity contribution is 0.195. The van der Waals surface area contributed by atoms with Crippen molar-refractivity contribution in [3.05, 3.63) is 30.1 Å². The minimum atomic E-state index is -3.59. The fourth-order valence-electron chi connectivity index (χ4n) is 2.54. The van der Waals surface area contributed by atoms with Crippen molar-refractivity contribution in [2.24, 2.45) is 11.8 Å². The van der Waals surface area contributed by atoms with Crippen LogP contribution in [0.2, 0.25) is 0 Å². The van der Waals surface area contributed by atoms with E-state index < -0.39 is 15.8 Å². The maximum absolute atomic E-state index is 12.8. The van der Waals surface area contributed by atoms with Gasteiger partial charge in [-0.3, -0.25) is 0 Å². The summed E-state index contributed by atoms with van der Waals surface area (Å²) >= 11 is 0. The fourth-order valence-corrected chi connectivity index (χ4v) is 3.63. The van der Waals surface area contributed by atoms with E-state index in [0.29, 0.717) is 6.54 Å². The highest BCUT2D eigenvalue weighted by molar-refractivity contribution is 7.89. The zero-order valence-corrected chi connectivity index (χ0v) is 11.4. The van der Waals surface area contributed by atoms with E-state index in [1.807, 2.05) is 0 Å². The van der Waals surface area contributed by atoms with Crippen LogP contribution in [0, 0.1) is 17.7 Å². The molecule has 0 radical (unpaired) electrons. The van der Waals surface area contributed by atoms with Gasteiger partial charge in [-0.1, -0.05) is 6.42 Å². The normalized spacial score (nSPS) is 23.7. The lowest BCUT2D eigenvalue weighted by Crippen LogP contribution is -2.31. The smallest absolute Gasteiger partial charge is 0.240 e. The quantitative estimate of drug-likeness (QED) is 0.862. The summed E-state index contributed by atoms with van der Waals surface area (Å²) in [5, 5.41) is 9.19. The van der Waals surface area contributed by atoms with Crippen LogP contribution in [0.25, 0.3) is 0 Å². The van der Waals surface area contributed by atoms with E-state index in [-0.39, 0.29) is 23.3 Å². The van der Waals surface area contributed by atoms with Crippen LogP contribution < -0.4 is 4.72 Å². The largest absolute Gasteiger partial charge is 0.396 e. The van der Waals surface area contributed by atoms with Gasteiger partial charge in [-0.25, -0.2) is 17.5 Å². The molecule has 1 aliphatic carbocycles. The van der Waals surface area contributed by atoms with Crippen molar-refractivity contribution in [3.8, 4) is 0 Å². The van der Waals surface area contributed by atoms with Crippen LogP contribution in [0.5, 0.6) is 0 Å². The first kappa shape index (κ1) is 14.4. The second-order valence-electron chi connectivity index (χ2n) is 4.94. The first-order chi connectivity index (χ1) is 9.03. The highest BCUT2D eigenvalue weighted by Gasteiger charge is 2.27. The molecule has 106 valence electrons. The van der Waals surface area contributed by atoms with Crippen LogP contribution in [0.4, 0.5) is 4.39 Å². The topological polar surface area (TPSA) is 66.4 Å². The molecule has 2 unspecified atom stereocenters. The van der Waals surface area contributed by atoms with Crippen LogP contribution >= 0.6 is 0 Å². The van der Waals surface area contributed by atoms with E-state index in [1.54, 1.807) is 0 Å². The van der Waals surface area contributed by atoms with Crippen molar-refractivity contribution in [2.45, 2.75) is 24.2 Å². The molecule has 2 N–H and O–H groups in total. The third-order valence-corrected chi connectivity index (χ3v) is 5.15. The molecule has 2 atom stereocenters. The van der Waals surface area contributed by atoms with E-state index in [1.165, 1.54) is 12.1 Å². The van der Waals surface area contributed by atoms with Gasteiger partial charge >= 0.3 is 0 Å². The third-order valence-electron chi connectivity index (χ3n) is 3.71. The monoisotopic (exact) mass is 287 g/mol. The summed E-state index contributed by atoms with van der Waals surface area (Å²) in [6.07, 6.45) is 2.89. The average molecular weight is 287 g/mol. The lowest BCUT2D eigenvalue weighted by Gasteiger charge is -2.17. The van der Waals surface area contributed by atoms with E-state index in [0.717, 1.165) is 31.4 Å². The first-order valence-electron chi connectivity index (χ1n) is 6.39. The van der Waals surface area contributed by atoms with Crippen LogP contribution in [0.15, 0.2) is 29.2 Å². The third kappa shape index (κ3) is 3.52. The Morgan fingerprint density at radius 2 is 1.84 bits per heavy atom. The first-order valence-corrected chi connectivity index (χ1v) is 7.87. The molecule has 2 rings (SSSR count). The van der Waals surface area contributed by atoms with Gasteiger partial charge in [0.1, 0.15) is 5.82 Å².